The molecule has 1 aliphatic heterocycles. The third kappa shape index (κ3) is 2.63. The van der Waals surface area contributed by atoms with E-state index in [2.05, 4.69) is 28.2 Å². The average Bonchev–Trinajstić information content (AvgIpc) is 3.22. The second-order valence-corrected chi connectivity index (χ2v) is 9.24. The van der Waals surface area contributed by atoms with Crippen molar-refractivity contribution >= 4 is 17.2 Å². The maximum Gasteiger partial charge on any atom is 0.249 e. The molecule has 0 N–H and O–H groups in total. The van der Waals surface area contributed by atoms with Crippen molar-refractivity contribution in [2.24, 2.45) is 17.3 Å². The fourth-order valence-electron chi connectivity index (χ4n) is 5.12. The van der Waals surface area contributed by atoms with Crippen LogP contribution in [0.3, 0.4) is 0 Å². The van der Waals surface area contributed by atoms with Crippen LogP contribution in [0.4, 0.5) is 10.2 Å². The number of nitriles is 1. The number of anilines is 1. The first kappa shape index (κ1) is 18.5. The van der Waals surface area contributed by atoms with Gasteiger partial charge in [-0.3, -0.25) is 14.4 Å². The molecule has 2 aliphatic carbocycles. The second-order valence-electron chi connectivity index (χ2n) is 9.24. The Morgan fingerprint density at radius 1 is 1.23 bits per heavy atom. The van der Waals surface area contributed by atoms with Crippen molar-refractivity contribution in [1.82, 2.24) is 24.4 Å². The third-order valence-corrected chi connectivity index (χ3v) is 7.14. The Bertz CT molecular complexity index is 1250. The number of carbonyl (C=O) groups is 1. The molecule has 3 aromatic rings. The van der Waals surface area contributed by atoms with Gasteiger partial charge in [0, 0.05) is 18.3 Å². The highest BCUT2D eigenvalue weighted by atomic mass is 19.1. The maximum absolute atomic E-state index is 14.6. The quantitative estimate of drug-likeness (QED) is 0.647. The van der Waals surface area contributed by atoms with E-state index in [-0.39, 0.29) is 23.2 Å². The van der Waals surface area contributed by atoms with Gasteiger partial charge < -0.3 is 0 Å². The van der Waals surface area contributed by atoms with Crippen LogP contribution in [0.1, 0.15) is 45.1 Å². The van der Waals surface area contributed by atoms with Crippen LogP contribution in [-0.2, 0) is 4.79 Å². The van der Waals surface area contributed by atoms with Gasteiger partial charge in [-0.15, -0.1) is 0 Å². The molecule has 31 heavy (non-hydrogen) atoms. The Balaban J connectivity index is 1.42. The summed E-state index contributed by atoms with van der Waals surface area (Å²) in [5.74, 6) is 0.205. The summed E-state index contributed by atoms with van der Waals surface area (Å²) in [5.41, 5.74) is 0.496. The number of rotatable bonds is 4. The molecule has 0 aromatic carbocycles. The number of fused-ring (bicyclic) bond motifs is 1. The van der Waals surface area contributed by atoms with Gasteiger partial charge in [0.15, 0.2) is 11.6 Å². The molecule has 4 heterocycles. The molecule has 8 nitrogen and oxygen atoms in total. The van der Waals surface area contributed by atoms with E-state index in [9.17, 15) is 14.4 Å². The summed E-state index contributed by atoms with van der Waals surface area (Å²) in [6.45, 7) is 2.57. The van der Waals surface area contributed by atoms with Crippen molar-refractivity contribution in [3.05, 3.63) is 30.6 Å². The summed E-state index contributed by atoms with van der Waals surface area (Å²) in [7, 11) is 0. The van der Waals surface area contributed by atoms with Gasteiger partial charge in [-0.2, -0.15) is 15.5 Å². The van der Waals surface area contributed by atoms with Crippen LogP contribution in [0.2, 0.25) is 0 Å². The van der Waals surface area contributed by atoms with Gasteiger partial charge in [-0.05, 0) is 43.9 Å². The molecule has 0 spiro atoms. The number of hydrogen-bond acceptors (Lipinski definition) is 5. The van der Waals surface area contributed by atoms with E-state index in [4.69, 9.17) is 0 Å². The van der Waals surface area contributed by atoms with Gasteiger partial charge in [-0.1, -0.05) is 6.92 Å². The van der Waals surface area contributed by atoms with Crippen molar-refractivity contribution in [2.75, 3.05) is 11.4 Å². The summed E-state index contributed by atoms with van der Waals surface area (Å²) in [6.07, 6.45) is 10.9. The van der Waals surface area contributed by atoms with E-state index < -0.39 is 11.2 Å². The number of aromatic nitrogens is 5. The molecule has 3 aromatic heterocycles. The number of hydrogen-bond donors (Lipinski definition) is 0. The van der Waals surface area contributed by atoms with Crippen LogP contribution in [0, 0.1) is 34.4 Å². The van der Waals surface area contributed by atoms with Gasteiger partial charge in [0.2, 0.25) is 5.91 Å². The Morgan fingerprint density at radius 3 is 2.74 bits per heavy atom. The minimum atomic E-state index is -1.02. The van der Waals surface area contributed by atoms with Gasteiger partial charge in [0.1, 0.15) is 10.9 Å². The molecule has 158 valence electrons. The van der Waals surface area contributed by atoms with Crippen LogP contribution in [0.5, 0.6) is 0 Å². The van der Waals surface area contributed by atoms with Crippen LogP contribution in [-0.4, -0.2) is 36.8 Å². The van der Waals surface area contributed by atoms with Gasteiger partial charge >= 0.3 is 0 Å². The molecular weight excluding hydrogens is 397 g/mol. The topological polar surface area (TPSA) is 92.1 Å². The number of halogens is 1. The number of nitrogens with zero attached hydrogens (tertiary/aromatic N) is 7. The third-order valence-electron chi connectivity index (χ3n) is 7.14. The molecule has 0 bridgehead atoms. The first-order chi connectivity index (χ1) is 15.0. The molecule has 0 radical (unpaired) electrons. The SMILES string of the molecule is CC1CC(n2cc(-c3cn4ncc(F)c4c(N4CC[C@@](C#N)(C5CC5)C4=O)n3)cn2)C1. The maximum atomic E-state index is 14.6. The van der Waals surface area contributed by atoms with E-state index in [1.54, 1.807) is 12.4 Å². The molecule has 3 fully saturated rings. The van der Waals surface area contributed by atoms with Gasteiger partial charge in [0.25, 0.3) is 0 Å². The standard InChI is InChI=1S/C22H22FN7O/c1-13-6-16(7-13)29-10-14(8-25-29)18-11-30-19(17(23)9-26-30)20(27-18)28-5-4-22(12-24,21(28)31)15-2-3-15/h8-11,13,15-16H,2-7H2,1H3/t13?,16?,22-/m1/s1. The summed E-state index contributed by atoms with van der Waals surface area (Å²) in [4.78, 5) is 19.5. The van der Waals surface area contributed by atoms with E-state index in [1.807, 2.05) is 10.9 Å². The van der Waals surface area contributed by atoms with E-state index in [1.165, 1.54) is 9.42 Å². The first-order valence-electron chi connectivity index (χ1n) is 10.8. The van der Waals surface area contributed by atoms with Gasteiger partial charge in [-0.25, -0.2) is 13.9 Å². The van der Waals surface area contributed by atoms with Gasteiger partial charge in [0.05, 0.1) is 36.4 Å². The highest BCUT2D eigenvalue weighted by molar-refractivity contribution is 6.04. The Kier molecular flexibility index (Phi) is 3.79. The van der Waals surface area contributed by atoms with E-state index in [0.717, 1.165) is 37.4 Å². The zero-order valence-electron chi connectivity index (χ0n) is 17.2. The molecule has 6 rings (SSSR count). The van der Waals surface area contributed by atoms with Crippen molar-refractivity contribution in [2.45, 2.75) is 45.1 Å². The Hall–Kier alpha value is -3.28. The summed E-state index contributed by atoms with van der Waals surface area (Å²) in [5, 5.41) is 18.4. The van der Waals surface area contributed by atoms with Crippen LogP contribution in [0.25, 0.3) is 16.8 Å². The molecule has 2 saturated carbocycles. The van der Waals surface area contributed by atoms with Crippen LogP contribution < -0.4 is 4.90 Å². The lowest BCUT2D eigenvalue weighted by atomic mass is 9.82. The highest BCUT2D eigenvalue weighted by Crippen LogP contribution is 2.52. The van der Waals surface area contributed by atoms with E-state index >= 15 is 0 Å². The average molecular weight is 419 g/mol. The molecule has 1 atom stereocenters. The van der Waals surface area contributed by atoms with Crippen molar-refractivity contribution in [3.8, 4) is 17.3 Å². The fourth-order valence-corrected chi connectivity index (χ4v) is 5.12. The summed E-state index contributed by atoms with van der Waals surface area (Å²) in [6, 6.07) is 2.67. The lowest BCUT2D eigenvalue weighted by Gasteiger charge is -2.32. The predicted molar refractivity (Wildman–Crippen MR) is 109 cm³/mol. The number of carbonyl (C=O) groups excluding carboxylic acids is 1. The molecule has 1 amide bonds. The van der Waals surface area contributed by atoms with Crippen molar-refractivity contribution in [3.63, 3.8) is 0 Å². The fraction of sp³-hybridized carbons (Fsp3) is 0.500. The van der Waals surface area contributed by atoms with Crippen molar-refractivity contribution in [1.29, 1.82) is 5.26 Å². The largest absolute Gasteiger partial charge is 0.293 e. The molecular formula is C22H22FN7O. The normalized spacial score (nSPS) is 28.2. The zero-order valence-corrected chi connectivity index (χ0v) is 17.2. The highest BCUT2D eigenvalue weighted by Gasteiger charge is 2.57. The van der Waals surface area contributed by atoms with E-state index in [0.29, 0.717) is 30.6 Å². The first-order valence-corrected chi connectivity index (χ1v) is 10.8. The molecule has 9 heteroatoms. The lowest BCUT2D eigenvalue weighted by Crippen LogP contribution is -2.36. The minimum absolute atomic E-state index is 0.0899. The second kappa shape index (κ2) is 6.36. The molecule has 3 aliphatic rings. The molecule has 1 saturated heterocycles. The van der Waals surface area contributed by atoms with Crippen LogP contribution in [0.15, 0.2) is 24.8 Å². The lowest BCUT2D eigenvalue weighted by molar-refractivity contribution is -0.123. The molecule has 0 unspecified atom stereocenters. The monoisotopic (exact) mass is 419 g/mol. The Morgan fingerprint density at radius 2 is 2.03 bits per heavy atom. The minimum Gasteiger partial charge on any atom is -0.293 e. The summed E-state index contributed by atoms with van der Waals surface area (Å²) < 4.78 is 18.0. The Labute approximate surface area is 178 Å². The number of amides is 1. The zero-order chi connectivity index (χ0) is 21.3. The smallest absolute Gasteiger partial charge is 0.249 e. The predicted octanol–water partition coefficient (Wildman–Crippen LogP) is 3.36. The van der Waals surface area contributed by atoms with Crippen molar-refractivity contribution < 1.29 is 9.18 Å². The van der Waals surface area contributed by atoms with Crippen LogP contribution >= 0.6 is 0 Å². The summed E-state index contributed by atoms with van der Waals surface area (Å²) >= 11 is 0.